The number of nitrogens with zero attached hydrogens (tertiary/aromatic N) is 3. The number of hydrazone groups is 2. The number of aromatic nitrogens is 1. The first-order chi connectivity index (χ1) is 9.40. The summed E-state index contributed by atoms with van der Waals surface area (Å²) in [5, 5.41) is 7.83. The summed E-state index contributed by atoms with van der Waals surface area (Å²) in [6.07, 6.45) is 0. The lowest BCUT2D eigenvalue weighted by atomic mass is 10.2. The van der Waals surface area contributed by atoms with Crippen LogP contribution in [0, 0.1) is 0 Å². The molecule has 7 nitrogen and oxygen atoms in total. The molecule has 0 aliphatic heterocycles. The monoisotopic (exact) mass is 275 g/mol. The Morgan fingerprint density at radius 3 is 1.65 bits per heavy atom. The third-order valence-electron chi connectivity index (χ3n) is 2.25. The van der Waals surface area contributed by atoms with Gasteiger partial charge in [-0.3, -0.25) is 9.59 Å². The van der Waals surface area contributed by atoms with E-state index in [1.165, 1.54) is 13.8 Å². The Morgan fingerprint density at radius 1 is 0.900 bits per heavy atom. The Kier molecular flexibility index (Phi) is 5.52. The molecule has 0 atom stereocenters. The Morgan fingerprint density at radius 2 is 1.30 bits per heavy atom. The quantitative estimate of drug-likeness (QED) is 0.628. The minimum Gasteiger partial charge on any atom is -0.274 e. The zero-order valence-electron chi connectivity index (χ0n) is 11.9. The van der Waals surface area contributed by atoms with Gasteiger partial charge in [-0.05, 0) is 26.0 Å². The molecule has 2 N–H and O–H groups in total. The van der Waals surface area contributed by atoms with Crippen LogP contribution in [0.4, 0.5) is 0 Å². The van der Waals surface area contributed by atoms with Crippen LogP contribution < -0.4 is 10.9 Å². The number of pyridine rings is 1. The van der Waals surface area contributed by atoms with Gasteiger partial charge in [-0.2, -0.15) is 10.2 Å². The highest BCUT2D eigenvalue weighted by atomic mass is 16.2. The minimum absolute atomic E-state index is 0.246. The van der Waals surface area contributed by atoms with Crippen molar-refractivity contribution in [3.63, 3.8) is 0 Å². The molecule has 1 aromatic rings. The van der Waals surface area contributed by atoms with E-state index >= 15 is 0 Å². The fourth-order valence-electron chi connectivity index (χ4n) is 1.28. The van der Waals surface area contributed by atoms with E-state index in [1.807, 2.05) is 0 Å². The maximum absolute atomic E-state index is 10.8. The molecule has 20 heavy (non-hydrogen) atoms. The topological polar surface area (TPSA) is 95.8 Å². The number of amides is 2. The van der Waals surface area contributed by atoms with Crippen molar-refractivity contribution >= 4 is 23.2 Å². The largest absolute Gasteiger partial charge is 0.274 e. The second kappa shape index (κ2) is 7.13. The van der Waals surface area contributed by atoms with Gasteiger partial charge in [0.05, 0.1) is 22.8 Å². The van der Waals surface area contributed by atoms with Crippen LogP contribution in [0.1, 0.15) is 39.1 Å². The molecule has 1 rings (SSSR count). The fourth-order valence-corrected chi connectivity index (χ4v) is 1.28. The van der Waals surface area contributed by atoms with Crippen LogP contribution in [-0.2, 0) is 9.59 Å². The molecule has 0 aliphatic rings. The lowest BCUT2D eigenvalue weighted by Gasteiger charge is -2.04. The summed E-state index contributed by atoms with van der Waals surface area (Å²) in [6, 6.07) is 5.35. The summed E-state index contributed by atoms with van der Waals surface area (Å²) < 4.78 is 0. The van der Waals surface area contributed by atoms with Gasteiger partial charge >= 0.3 is 0 Å². The molecule has 0 saturated carbocycles. The Labute approximate surface area is 117 Å². The molecular formula is C13H17N5O2. The smallest absolute Gasteiger partial charge is 0.236 e. The first kappa shape index (κ1) is 15.5. The van der Waals surface area contributed by atoms with Gasteiger partial charge < -0.3 is 0 Å². The first-order valence-corrected chi connectivity index (χ1v) is 5.99. The molecule has 1 heterocycles. The Bertz CT molecular complexity index is 531. The molecule has 0 saturated heterocycles. The summed E-state index contributed by atoms with van der Waals surface area (Å²) in [6.45, 7) is 6.24. The molecule has 1 aromatic heterocycles. The molecule has 2 amide bonds. The van der Waals surface area contributed by atoms with Crippen LogP contribution in [0.3, 0.4) is 0 Å². The predicted octanol–water partition coefficient (Wildman–Crippen LogP) is 0.802. The van der Waals surface area contributed by atoms with Gasteiger partial charge in [0.2, 0.25) is 11.8 Å². The van der Waals surface area contributed by atoms with Gasteiger partial charge in [0.15, 0.2) is 0 Å². The zero-order valence-corrected chi connectivity index (χ0v) is 11.9. The van der Waals surface area contributed by atoms with E-state index in [2.05, 4.69) is 26.0 Å². The molecule has 0 radical (unpaired) electrons. The van der Waals surface area contributed by atoms with E-state index in [4.69, 9.17) is 0 Å². The maximum Gasteiger partial charge on any atom is 0.236 e. The summed E-state index contributed by atoms with van der Waals surface area (Å²) >= 11 is 0. The molecule has 0 bridgehead atoms. The molecule has 7 heteroatoms. The highest BCUT2D eigenvalue weighted by Crippen LogP contribution is 2.02. The number of rotatable bonds is 4. The molecule has 0 fully saturated rings. The van der Waals surface area contributed by atoms with Crippen LogP contribution in [0.2, 0.25) is 0 Å². The normalized spacial score (nSPS) is 12.0. The second-order valence-corrected chi connectivity index (χ2v) is 4.14. The average Bonchev–Trinajstić information content (AvgIpc) is 2.42. The predicted molar refractivity (Wildman–Crippen MR) is 76.3 cm³/mol. The van der Waals surface area contributed by atoms with Crippen molar-refractivity contribution in [1.82, 2.24) is 15.8 Å². The molecule has 0 unspecified atom stereocenters. The van der Waals surface area contributed by atoms with Crippen LogP contribution in [0.5, 0.6) is 0 Å². The summed E-state index contributed by atoms with van der Waals surface area (Å²) in [4.78, 5) is 26.0. The lowest BCUT2D eigenvalue weighted by molar-refractivity contribution is -0.119. The van der Waals surface area contributed by atoms with E-state index in [9.17, 15) is 9.59 Å². The van der Waals surface area contributed by atoms with E-state index in [0.717, 1.165) is 0 Å². The molecular weight excluding hydrogens is 258 g/mol. The lowest BCUT2D eigenvalue weighted by Crippen LogP contribution is -2.17. The number of hydrogen-bond donors (Lipinski definition) is 2. The van der Waals surface area contributed by atoms with Gasteiger partial charge in [0.1, 0.15) is 0 Å². The van der Waals surface area contributed by atoms with Gasteiger partial charge in [-0.15, -0.1) is 0 Å². The Hall–Kier alpha value is -2.57. The van der Waals surface area contributed by atoms with Crippen molar-refractivity contribution in [2.24, 2.45) is 10.2 Å². The summed E-state index contributed by atoms with van der Waals surface area (Å²) in [5.74, 6) is -0.493. The van der Waals surface area contributed by atoms with Crippen LogP contribution in [-0.4, -0.2) is 28.2 Å². The number of carbonyl (C=O) groups excluding carboxylic acids is 2. The SMILES string of the molecule is CC(=O)N/N=C(\C)c1cccc(/C(C)=N/NC(C)=O)n1. The molecule has 0 spiro atoms. The highest BCUT2D eigenvalue weighted by molar-refractivity contribution is 6.01. The van der Waals surface area contributed by atoms with E-state index in [1.54, 1.807) is 32.0 Å². The standard InChI is InChI=1S/C13H17N5O2/c1-8(15-17-10(3)19)12-6-5-7-13(14-12)9(2)16-18-11(4)20/h5-7H,1-4H3,(H,17,19)(H,18,20)/b15-8+,16-9+. The van der Waals surface area contributed by atoms with Crippen molar-refractivity contribution < 1.29 is 9.59 Å². The van der Waals surface area contributed by atoms with Gasteiger partial charge in [-0.25, -0.2) is 15.8 Å². The summed E-state index contributed by atoms with van der Waals surface area (Å²) in [5.41, 5.74) is 7.10. The van der Waals surface area contributed by atoms with E-state index < -0.39 is 0 Å². The van der Waals surface area contributed by atoms with Crippen molar-refractivity contribution in [2.75, 3.05) is 0 Å². The van der Waals surface area contributed by atoms with Crippen molar-refractivity contribution in [1.29, 1.82) is 0 Å². The molecule has 0 aromatic carbocycles. The fraction of sp³-hybridized carbons (Fsp3) is 0.308. The van der Waals surface area contributed by atoms with E-state index in [0.29, 0.717) is 22.8 Å². The zero-order chi connectivity index (χ0) is 15.1. The number of hydrogen-bond acceptors (Lipinski definition) is 5. The molecule has 0 aliphatic carbocycles. The number of nitrogens with one attached hydrogen (secondary N) is 2. The van der Waals surface area contributed by atoms with Crippen LogP contribution in [0.25, 0.3) is 0 Å². The van der Waals surface area contributed by atoms with Gasteiger partial charge in [0.25, 0.3) is 0 Å². The third-order valence-corrected chi connectivity index (χ3v) is 2.25. The van der Waals surface area contributed by atoms with E-state index in [-0.39, 0.29) is 11.8 Å². The van der Waals surface area contributed by atoms with Gasteiger partial charge in [0, 0.05) is 13.8 Å². The van der Waals surface area contributed by atoms with Crippen LogP contribution in [0.15, 0.2) is 28.4 Å². The first-order valence-electron chi connectivity index (χ1n) is 5.99. The Balaban J connectivity index is 2.95. The second-order valence-electron chi connectivity index (χ2n) is 4.14. The summed E-state index contributed by atoms with van der Waals surface area (Å²) in [7, 11) is 0. The number of carbonyl (C=O) groups is 2. The van der Waals surface area contributed by atoms with Gasteiger partial charge in [-0.1, -0.05) is 6.07 Å². The average molecular weight is 275 g/mol. The highest BCUT2D eigenvalue weighted by Gasteiger charge is 2.04. The van der Waals surface area contributed by atoms with Crippen LogP contribution >= 0.6 is 0 Å². The minimum atomic E-state index is -0.246. The van der Waals surface area contributed by atoms with Crippen molar-refractivity contribution in [3.8, 4) is 0 Å². The maximum atomic E-state index is 10.8. The molecule has 106 valence electrons. The third kappa shape index (κ3) is 4.97. The van der Waals surface area contributed by atoms with Crippen molar-refractivity contribution in [3.05, 3.63) is 29.6 Å². The van der Waals surface area contributed by atoms with Crippen molar-refractivity contribution in [2.45, 2.75) is 27.7 Å².